The number of amides is 1. The third-order valence-electron chi connectivity index (χ3n) is 7.37. The monoisotopic (exact) mass is 586 g/mol. The zero-order valence-corrected chi connectivity index (χ0v) is 25.4. The third-order valence-corrected chi connectivity index (χ3v) is 7.37. The van der Waals surface area contributed by atoms with Crippen LogP contribution in [0.4, 0.5) is 18.0 Å². The standard InChI is InChI=1S/C30H45F3N2O6/c1-17(2)11-20-15-35-10-9-19-12-25(39-16-30(31,32)33)24(38-8)13-21(19)22(35)14-23(20)40-27(36)26(18(3)4)34-28(37)41-29(5,6)7/h12-13,17-18,20,22-23,26H,9-11,14-16H2,1-8H3,(H,34,37)/t20?,22?,23?,26-/m0/s1. The van der Waals surface area contributed by atoms with Crippen LogP contribution in [0, 0.1) is 17.8 Å². The van der Waals surface area contributed by atoms with Gasteiger partial charge in [-0.3, -0.25) is 4.90 Å². The second kappa shape index (κ2) is 13.1. The lowest BCUT2D eigenvalue weighted by Gasteiger charge is -2.47. The van der Waals surface area contributed by atoms with Crippen LogP contribution in [-0.4, -0.2) is 67.7 Å². The van der Waals surface area contributed by atoms with E-state index in [2.05, 4.69) is 24.1 Å². The van der Waals surface area contributed by atoms with Crippen LogP contribution in [0.2, 0.25) is 0 Å². The van der Waals surface area contributed by atoms with Gasteiger partial charge in [0.25, 0.3) is 0 Å². The summed E-state index contributed by atoms with van der Waals surface area (Å²) in [5.41, 5.74) is 1.12. The Labute approximate surface area is 241 Å². The summed E-state index contributed by atoms with van der Waals surface area (Å²) < 4.78 is 60.4. The van der Waals surface area contributed by atoms with Crippen molar-refractivity contribution in [1.82, 2.24) is 10.2 Å². The normalized spacial score (nSPS) is 22.0. The van der Waals surface area contributed by atoms with Crippen LogP contribution in [0.1, 0.15) is 78.5 Å². The van der Waals surface area contributed by atoms with Gasteiger partial charge in [-0.15, -0.1) is 0 Å². The van der Waals surface area contributed by atoms with E-state index in [0.717, 1.165) is 24.1 Å². The molecule has 2 aliphatic heterocycles. The predicted molar refractivity (Wildman–Crippen MR) is 148 cm³/mol. The molecule has 2 aliphatic rings. The first-order valence-corrected chi connectivity index (χ1v) is 14.3. The van der Waals surface area contributed by atoms with Gasteiger partial charge in [-0.2, -0.15) is 13.2 Å². The van der Waals surface area contributed by atoms with Crippen LogP contribution >= 0.6 is 0 Å². The van der Waals surface area contributed by atoms with Crippen LogP contribution in [0.5, 0.6) is 11.5 Å². The molecule has 1 amide bonds. The maximum atomic E-state index is 13.5. The van der Waals surface area contributed by atoms with E-state index in [1.807, 2.05) is 13.8 Å². The summed E-state index contributed by atoms with van der Waals surface area (Å²) in [5.74, 6) is 0.0121. The lowest BCUT2D eigenvalue weighted by Crippen LogP contribution is -2.52. The molecule has 232 valence electrons. The van der Waals surface area contributed by atoms with E-state index in [1.54, 1.807) is 32.9 Å². The molecule has 0 saturated carbocycles. The summed E-state index contributed by atoms with van der Waals surface area (Å²) in [5, 5.41) is 2.68. The van der Waals surface area contributed by atoms with Crippen molar-refractivity contribution in [1.29, 1.82) is 0 Å². The van der Waals surface area contributed by atoms with Crippen molar-refractivity contribution >= 4 is 12.1 Å². The van der Waals surface area contributed by atoms with Gasteiger partial charge in [0.05, 0.1) is 7.11 Å². The van der Waals surface area contributed by atoms with Crippen LogP contribution in [0.3, 0.4) is 0 Å². The fourth-order valence-electron chi connectivity index (χ4n) is 5.65. The average Bonchev–Trinajstić information content (AvgIpc) is 2.83. The molecule has 3 rings (SSSR count). The van der Waals surface area contributed by atoms with E-state index in [0.29, 0.717) is 25.3 Å². The van der Waals surface area contributed by atoms with E-state index in [9.17, 15) is 22.8 Å². The number of fused-ring (bicyclic) bond motifs is 3. The van der Waals surface area contributed by atoms with Gasteiger partial charge in [0.2, 0.25) is 0 Å². The Morgan fingerprint density at radius 3 is 2.34 bits per heavy atom. The van der Waals surface area contributed by atoms with Gasteiger partial charge in [-0.1, -0.05) is 27.7 Å². The van der Waals surface area contributed by atoms with Crippen molar-refractivity contribution in [2.45, 2.75) is 97.7 Å². The van der Waals surface area contributed by atoms with Gasteiger partial charge in [0.15, 0.2) is 18.1 Å². The highest BCUT2D eigenvalue weighted by Gasteiger charge is 2.42. The molecule has 1 aromatic carbocycles. The lowest BCUT2D eigenvalue weighted by molar-refractivity contribution is -0.161. The Kier molecular flexibility index (Phi) is 10.5. The van der Waals surface area contributed by atoms with E-state index in [4.69, 9.17) is 18.9 Å². The molecular weight excluding hydrogens is 541 g/mol. The molecule has 3 unspecified atom stereocenters. The smallest absolute Gasteiger partial charge is 0.422 e. The van der Waals surface area contributed by atoms with Crippen molar-refractivity contribution < 1.29 is 41.7 Å². The number of nitrogens with zero attached hydrogens (tertiary/aromatic N) is 1. The number of alkyl halides is 3. The fraction of sp³-hybridized carbons (Fsp3) is 0.733. The molecule has 1 fully saturated rings. The number of carbonyl (C=O) groups excluding carboxylic acids is 2. The van der Waals surface area contributed by atoms with E-state index in [-0.39, 0.29) is 29.4 Å². The van der Waals surface area contributed by atoms with Crippen LogP contribution in [0.15, 0.2) is 12.1 Å². The summed E-state index contributed by atoms with van der Waals surface area (Å²) >= 11 is 0. The number of rotatable bonds is 9. The third kappa shape index (κ3) is 9.15. The Hall–Kier alpha value is -2.69. The van der Waals surface area contributed by atoms with Gasteiger partial charge in [0.1, 0.15) is 17.7 Å². The topological polar surface area (TPSA) is 86.3 Å². The molecule has 1 N–H and O–H groups in total. The highest BCUT2D eigenvalue weighted by atomic mass is 19.4. The second-order valence-corrected chi connectivity index (χ2v) is 12.8. The zero-order valence-electron chi connectivity index (χ0n) is 25.4. The number of halogens is 3. The Morgan fingerprint density at radius 1 is 1.10 bits per heavy atom. The predicted octanol–water partition coefficient (Wildman–Crippen LogP) is 6.06. The van der Waals surface area contributed by atoms with Gasteiger partial charge < -0.3 is 24.3 Å². The van der Waals surface area contributed by atoms with Crippen molar-refractivity contribution in [3.63, 3.8) is 0 Å². The number of methoxy groups -OCH3 is 1. The number of esters is 1. The number of nitrogens with one attached hydrogen (secondary N) is 1. The van der Waals surface area contributed by atoms with Crippen molar-refractivity contribution in [2.24, 2.45) is 17.8 Å². The highest BCUT2D eigenvalue weighted by Crippen LogP contribution is 2.44. The van der Waals surface area contributed by atoms with E-state index in [1.165, 1.54) is 7.11 Å². The number of ether oxygens (including phenoxy) is 4. The van der Waals surface area contributed by atoms with Crippen molar-refractivity contribution in [3.05, 3.63) is 23.3 Å². The number of benzene rings is 1. The molecule has 8 nitrogen and oxygen atoms in total. The van der Waals surface area contributed by atoms with E-state index < -0.39 is 42.6 Å². The fourth-order valence-corrected chi connectivity index (χ4v) is 5.65. The molecule has 4 atom stereocenters. The maximum Gasteiger partial charge on any atom is 0.422 e. The Morgan fingerprint density at radius 2 is 1.78 bits per heavy atom. The summed E-state index contributed by atoms with van der Waals surface area (Å²) in [7, 11) is 1.40. The van der Waals surface area contributed by atoms with Crippen LogP contribution in [0.25, 0.3) is 0 Å². The average molecular weight is 587 g/mol. The minimum Gasteiger partial charge on any atom is -0.493 e. The molecule has 1 aromatic rings. The lowest BCUT2D eigenvalue weighted by atomic mass is 9.79. The summed E-state index contributed by atoms with van der Waals surface area (Å²) in [6.45, 7) is 13.2. The first kappa shape index (κ1) is 32.8. The van der Waals surface area contributed by atoms with Gasteiger partial charge in [0, 0.05) is 31.5 Å². The van der Waals surface area contributed by atoms with Crippen molar-refractivity contribution in [3.8, 4) is 11.5 Å². The summed E-state index contributed by atoms with van der Waals surface area (Å²) in [6.07, 6.45) is -3.53. The Bertz CT molecular complexity index is 1070. The molecule has 1 saturated heterocycles. The summed E-state index contributed by atoms with van der Waals surface area (Å²) in [4.78, 5) is 28.3. The molecule has 0 spiro atoms. The molecular formula is C30H45F3N2O6. The first-order valence-electron chi connectivity index (χ1n) is 14.3. The molecule has 41 heavy (non-hydrogen) atoms. The maximum absolute atomic E-state index is 13.5. The largest absolute Gasteiger partial charge is 0.493 e. The highest BCUT2D eigenvalue weighted by molar-refractivity contribution is 5.81. The molecule has 0 radical (unpaired) electrons. The zero-order chi connectivity index (χ0) is 30.7. The minimum absolute atomic E-state index is 0.0569. The number of hydrogen-bond acceptors (Lipinski definition) is 7. The van der Waals surface area contributed by atoms with Gasteiger partial charge in [-0.25, -0.2) is 9.59 Å². The van der Waals surface area contributed by atoms with Gasteiger partial charge >= 0.3 is 18.2 Å². The van der Waals surface area contributed by atoms with Crippen molar-refractivity contribution in [2.75, 3.05) is 26.8 Å². The summed E-state index contributed by atoms with van der Waals surface area (Å²) in [6, 6.07) is 2.40. The SMILES string of the molecule is COc1cc2c(cc1OCC(F)(F)F)CCN1CC(CC(C)C)C(OC(=O)[C@@H](NC(=O)OC(C)(C)C)C(C)C)CC21. The number of hydrogen-bond donors (Lipinski definition) is 1. The number of alkyl carbamates (subject to hydrolysis) is 1. The number of piperidine rings is 1. The van der Waals surface area contributed by atoms with Crippen LogP contribution < -0.4 is 14.8 Å². The minimum atomic E-state index is -4.46. The molecule has 0 aliphatic carbocycles. The Balaban J connectivity index is 1.85. The molecule has 11 heteroatoms. The first-order chi connectivity index (χ1) is 19.0. The van der Waals surface area contributed by atoms with Crippen LogP contribution in [-0.2, 0) is 20.7 Å². The van der Waals surface area contributed by atoms with Gasteiger partial charge in [-0.05, 0) is 68.7 Å². The number of carbonyl (C=O) groups is 2. The second-order valence-electron chi connectivity index (χ2n) is 12.8. The quantitative estimate of drug-likeness (QED) is 0.352. The molecule has 0 bridgehead atoms. The molecule has 0 aromatic heterocycles. The van der Waals surface area contributed by atoms with E-state index >= 15 is 0 Å². The molecule has 2 heterocycles.